The number of rotatable bonds is 2. The van der Waals surface area contributed by atoms with Crippen molar-refractivity contribution in [1.82, 2.24) is 4.98 Å². The molecule has 2 rings (SSSR count). The molecule has 0 atom stereocenters. The van der Waals surface area contributed by atoms with Crippen LogP contribution < -0.4 is 11.5 Å². The third-order valence-corrected chi connectivity index (χ3v) is 2.35. The second-order valence-corrected chi connectivity index (χ2v) is 3.43. The number of nitrogens with two attached hydrogens (primary N) is 2. The highest BCUT2D eigenvalue weighted by Gasteiger charge is 2.05. The van der Waals surface area contributed by atoms with Crippen molar-refractivity contribution < 1.29 is 0 Å². The summed E-state index contributed by atoms with van der Waals surface area (Å²) in [6.07, 6.45) is 2.35. The molecule has 0 spiro atoms. The zero-order chi connectivity index (χ0) is 10.7. The van der Waals surface area contributed by atoms with Crippen molar-refractivity contribution in [3.8, 4) is 0 Å². The molecule has 4 N–H and O–H groups in total. The second-order valence-electron chi connectivity index (χ2n) is 3.43. The molecule has 3 heteroatoms. The molecule has 1 aromatic carbocycles. The maximum absolute atomic E-state index is 5.85. The number of nitrogen functional groups attached to an aromatic ring is 2. The van der Waals surface area contributed by atoms with Crippen molar-refractivity contribution in [1.29, 1.82) is 0 Å². The minimum atomic E-state index is 0.513. The summed E-state index contributed by atoms with van der Waals surface area (Å²) in [7, 11) is 0. The van der Waals surface area contributed by atoms with Gasteiger partial charge >= 0.3 is 0 Å². The summed E-state index contributed by atoms with van der Waals surface area (Å²) in [5.41, 5.74) is 14.4. The number of nitrogens with zero attached hydrogens (tertiary/aromatic N) is 1. The van der Waals surface area contributed by atoms with Gasteiger partial charge in [-0.05, 0) is 11.6 Å². The van der Waals surface area contributed by atoms with Gasteiger partial charge in [0, 0.05) is 23.9 Å². The number of benzene rings is 1. The van der Waals surface area contributed by atoms with Crippen LogP contribution in [0.3, 0.4) is 0 Å². The van der Waals surface area contributed by atoms with Crippen molar-refractivity contribution in [3.63, 3.8) is 0 Å². The van der Waals surface area contributed by atoms with Gasteiger partial charge in [-0.1, -0.05) is 30.3 Å². The fourth-order valence-corrected chi connectivity index (χ4v) is 1.52. The number of hydrogen-bond acceptors (Lipinski definition) is 3. The Bertz CT molecular complexity index is 431. The highest BCUT2D eigenvalue weighted by molar-refractivity contribution is 5.58. The van der Waals surface area contributed by atoms with Crippen molar-refractivity contribution in [2.45, 2.75) is 6.42 Å². The van der Waals surface area contributed by atoms with Crippen molar-refractivity contribution in [3.05, 3.63) is 53.7 Å². The average Bonchev–Trinajstić information content (AvgIpc) is 2.25. The molecular weight excluding hydrogens is 186 g/mol. The van der Waals surface area contributed by atoms with Crippen LogP contribution in [0.15, 0.2) is 42.6 Å². The lowest BCUT2D eigenvalue weighted by Crippen LogP contribution is -2.03. The summed E-state index contributed by atoms with van der Waals surface area (Å²) < 4.78 is 0. The number of aromatic nitrogens is 1. The number of hydrogen-bond donors (Lipinski definition) is 2. The lowest BCUT2D eigenvalue weighted by molar-refractivity contribution is 1.16. The lowest BCUT2D eigenvalue weighted by atomic mass is 10.0. The Morgan fingerprint density at radius 1 is 1.00 bits per heavy atom. The molecule has 0 fully saturated rings. The van der Waals surface area contributed by atoms with Crippen molar-refractivity contribution in [2.75, 3.05) is 11.5 Å². The summed E-state index contributed by atoms with van der Waals surface area (Å²) in [5, 5.41) is 0. The molecular formula is C12H13N3. The van der Waals surface area contributed by atoms with Crippen LogP contribution >= 0.6 is 0 Å². The van der Waals surface area contributed by atoms with E-state index in [0.29, 0.717) is 11.5 Å². The van der Waals surface area contributed by atoms with Gasteiger partial charge in [-0.3, -0.25) is 0 Å². The van der Waals surface area contributed by atoms with E-state index < -0.39 is 0 Å². The Kier molecular flexibility index (Phi) is 2.54. The van der Waals surface area contributed by atoms with Crippen LogP contribution in [-0.2, 0) is 6.42 Å². The minimum Gasteiger partial charge on any atom is -0.398 e. The molecule has 0 aliphatic heterocycles. The van der Waals surface area contributed by atoms with Gasteiger partial charge in [0.1, 0.15) is 5.82 Å². The standard InChI is InChI=1S/C12H13N3/c13-11-6-7-15-12(14)10(11)8-9-4-2-1-3-5-9/h1-7H,8H2,(H4,13,14,15). The molecule has 0 saturated carbocycles. The predicted molar refractivity (Wildman–Crippen MR) is 62.3 cm³/mol. The van der Waals surface area contributed by atoms with E-state index in [2.05, 4.69) is 4.98 Å². The quantitative estimate of drug-likeness (QED) is 0.775. The minimum absolute atomic E-state index is 0.513. The summed E-state index contributed by atoms with van der Waals surface area (Å²) in [6.45, 7) is 0. The summed E-state index contributed by atoms with van der Waals surface area (Å²) in [6, 6.07) is 11.8. The number of pyridine rings is 1. The van der Waals surface area contributed by atoms with Gasteiger partial charge in [-0.2, -0.15) is 0 Å². The van der Waals surface area contributed by atoms with Crippen molar-refractivity contribution >= 4 is 11.5 Å². The Balaban J connectivity index is 2.32. The first-order valence-corrected chi connectivity index (χ1v) is 4.80. The average molecular weight is 199 g/mol. The first-order chi connectivity index (χ1) is 7.27. The molecule has 1 heterocycles. The number of anilines is 2. The van der Waals surface area contributed by atoms with Crippen LogP contribution in [-0.4, -0.2) is 4.98 Å². The van der Waals surface area contributed by atoms with E-state index in [-0.39, 0.29) is 0 Å². The topological polar surface area (TPSA) is 64.9 Å². The molecule has 0 radical (unpaired) electrons. The zero-order valence-corrected chi connectivity index (χ0v) is 8.35. The first-order valence-electron chi connectivity index (χ1n) is 4.80. The van der Waals surface area contributed by atoms with Gasteiger partial charge in [0.2, 0.25) is 0 Å². The van der Waals surface area contributed by atoms with Gasteiger partial charge in [-0.15, -0.1) is 0 Å². The van der Waals surface area contributed by atoms with E-state index in [1.165, 1.54) is 5.56 Å². The normalized spacial score (nSPS) is 10.1. The zero-order valence-electron chi connectivity index (χ0n) is 8.35. The lowest BCUT2D eigenvalue weighted by Gasteiger charge is -2.07. The Labute approximate surface area is 88.8 Å². The Morgan fingerprint density at radius 2 is 1.73 bits per heavy atom. The molecule has 0 aliphatic rings. The van der Waals surface area contributed by atoms with Crippen LogP contribution in [0.5, 0.6) is 0 Å². The smallest absolute Gasteiger partial charge is 0.128 e. The van der Waals surface area contributed by atoms with E-state index in [1.807, 2.05) is 30.3 Å². The van der Waals surface area contributed by atoms with E-state index in [4.69, 9.17) is 11.5 Å². The highest BCUT2D eigenvalue weighted by atomic mass is 14.8. The van der Waals surface area contributed by atoms with Gasteiger partial charge in [0.25, 0.3) is 0 Å². The maximum atomic E-state index is 5.85. The second kappa shape index (κ2) is 4.00. The molecule has 2 aromatic rings. The molecule has 15 heavy (non-hydrogen) atoms. The van der Waals surface area contributed by atoms with Gasteiger partial charge in [-0.25, -0.2) is 4.98 Å². The first kappa shape index (κ1) is 9.52. The van der Waals surface area contributed by atoms with Crippen LogP contribution in [0.4, 0.5) is 11.5 Å². The fourth-order valence-electron chi connectivity index (χ4n) is 1.52. The third kappa shape index (κ3) is 2.07. The van der Waals surface area contributed by atoms with Crippen LogP contribution in [0.1, 0.15) is 11.1 Å². The highest BCUT2D eigenvalue weighted by Crippen LogP contribution is 2.20. The van der Waals surface area contributed by atoms with E-state index >= 15 is 0 Å². The summed E-state index contributed by atoms with van der Waals surface area (Å²) in [4.78, 5) is 4.03. The van der Waals surface area contributed by atoms with Crippen LogP contribution in [0.25, 0.3) is 0 Å². The van der Waals surface area contributed by atoms with E-state index in [1.54, 1.807) is 12.3 Å². The molecule has 0 amide bonds. The van der Waals surface area contributed by atoms with E-state index in [0.717, 1.165) is 12.0 Å². The Hall–Kier alpha value is -2.03. The Morgan fingerprint density at radius 3 is 2.40 bits per heavy atom. The van der Waals surface area contributed by atoms with Gasteiger partial charge in [0.05, 0.1) is 0 Å². The molecule has 1 aromatic heterocycles. The predicted octanol–water partition coefficient (Wildman–Crippen LogP) is 1.84. The molecule has 0 unspecified atom stereocenters. The van der Waals surface area contributed by atoms with Crippen molar-refractivity contribution in [2.24, 2.45) is 0 Å². The SMILES string of the molecule is Nc1ccnc(N)c1Cc1ccccc1. The molecule has 0 aliphatic carbocycles. The summed E-state index contributed by atoms with van der Waals surface area (Å²) in [5.74, 6) is 0.513. The van der Waals surface area contributed by atoms with Crippen LogP contribution in [0.2, 0.25) is 0 Å². The molecule has 0 bridgehead atoms. The largest absolute Gasteiger partial charge is 0.398 e. The van der Waals surface area contributed by atoms with E-state index in [9.17, 15) is 0 Å². The molecule has 0 saturated heterocycles. The molecule has 76 valence electrons. The van der Waals surface area contributed by atoms with Gasteiger partial charge in [0.15, 0.2) is 0 Å². The van der Waals surface area contributed by atoms with Crippen LogP contribution in [0, 0.1) is 0 Å². The van der Waals surface area contributed by atoms with Gasteiger partial charge < -0.3 is 11.5 Å². The fraction of sp³-hybridized carbons (Fsp3) is 0.0833. The monoisotopic (exact) mass is 199 g/mol. The maximum Gasteiger partial charge on any atom is 0.128 e. The molecule has 3 nitrogen and oxygen atoms in total. The third-order valence-electron chi connectivity index (χ3n) is 2.35. The summed E-state index contributed by atoms with van der Waals surface area (Å²) >= 11 is 0.